The third kappa shape index (κ3) is 4.49. The van der Waals surface area contributed by atoms with Crippen LogP contribution >= 0.6 is 11.3 Å². The third-order valence-corrected chi connectivity index (χ3v) is 5.05. The Kier molecular flexibility index (Phi) is 5.48. The normalized spacial score (nSPS) is 12.9. The van der Waals surface area contributed by atoms with Gasteiger partial charge in [-0.15, -0.1) is 11.3 Å². The molecule has 154 valence electrons. The van der Waals surface area contributed by atoms with Gasteiger partial charge < -0.3 is 15.4 Å². The highest BCUT2D eigenvalue weighted by molar-refractivity contribution is 7.16. The molecule has 3 heterocycles. The fourth-order valence-electron chi connectivity index (χ4n) is 2.61. The van der Waals surface area contributed by atoms with Crippen LogP contribution in [0.4, 0.5) is 21.3 Å². The number of carbonyl (C=O) groups is 2. The van der Waals surface area contributed by atoms with Gasteiger partial charge >= 0.3 is 6.09 Å². The zero-order valence-corrected chi connectivity index (χ0v) is 17.0. The molecule has 3 aromatic heterocycles. The molecule has 1 saturated carbocycles. The molecule has 11 nitrogen and oxygen atoms in total. The van der Waals surface area contributed by atoms with E-state index in [9.17, 15) is 9.59 Å². The lowest BCUT2D eigenvalue weighted by atomic mass is 10.3. The smallest absolute Gasteiger partial charge is 0.387 e. The number of anilines is 3. The number of amides is 2. The first kappa shape index (κ1) is 19.6. The van der Waals surface area contributed by atoms with Gasteiger partial charge in [-0.2, -0.15) is 0 Å². The summed E-state index contributed by atoms with van der Waals surface area (Å²) >= 11 is 1.17. The van der Waals surface area contributed by atoms with Gasteiger partial charge in [-0.3, -0.25) is 10.1 Å². The summed E-state index contributed by atoms with van der Waals surface area (Å²) in [6, 6.07) is 0. The van der Waals surface area contributed by atoms with Crippen molar-refractivity contribution in [3.8, 4) is 5.88 Å². The summed E-state index contributed by atoms with van der Waals surface area (Å²) in [5.74, 6) is 0.178. The molecular weight excluding hydrogens is 408 g/mol. The second-order valence-electron chi connectivity index (χ2n) is 6.48. The van der Waals surface area contributed by atoms with Gasteiger partial charge in [-0.1, -0.05) is 0 Å². The molecule has 1 aliphatic rings. The number of ether oxygens (including phenoxy) is 1. The molecule has 4 rings (SSSR count). The Morgan fingerprint density at radius 3 is 2.63 bits per heavy atom. The highest BCUT2D eigenvalue weighted by atomic mass is 32.1. The molecule has 0 bridgehead atoms. The van der Waals surface area contributed by atoms with Crippen molar-refractivity contribution in [2.75, 3.05) is 17.7 Å². The van der Waals surface area contributed by atoms with E-state index in [-0.39, 0.29) is 22.4 Å². The summed E-state index contributed by atoms with van der Waals surface area (Å²) in [7, 11) is 1.49. The van der Waals surface area contributed by atoms with Crippen molar-refractivity contribution in [3.63, 3.8) is 0 Å². The van der Waals surface area contributed by atoms with Gasteiger partial charge in [0, 0.05) is 13.0 Å². The molecule has 2 amide bonds. The van der Waals surface area contributed by atoms with Crippen LogP contribution in [0.5, 0.6) is 5.88 Å². The van der Waals surface area contributed by atoms with Crippen molar-refractivity contribution >= 4 is 39.8 Å². The van der Waals surface area contributed by atoms with Crippen LogP contribution in [0.3, 0.4) is 0 Å². The molecule has 3 N–H and O–H groups in total. The molecular formula is C18H18N8O3S. The predicted molar refractivity (Wildman–Crippen MR) is 109 cm³/mol. The number of thiazole rings is 1. The van der Waals surface area contributed by atoms with Gasteiger partial charge in [-0.25, -0.2) is 29.7 Å². The molecule has 0 spiro atoms. The Morgan fingerprint density at radius 1 is 1.17 bits per heavy atom. The maximum atomic E-state index is 12.5. The Bertz CT molecular complexity index is 1080. The van der Waals surface area contributed by atoms with Crippen LogP contribution in [0.25, 0.3) is 0 Å². The topological polar surface area (TPSA) is 144 Å². The summed E-state index contributed by atoms with van der Waals surface area (Å²) in [6.45, 7) is 1.74. The molecule has 12 heteroatoms. The first-order valence-corrected chi connectivity index (χ1v) is 9.92. The van der Waals surface area contributed by atoms with E-state index in [1.807, 2.05) is 0 Å². The summed E-state index contributed by atoms with van der Waals surface area (Å²) in [5.41, 5.74) is 1.44. The minimum atomic E-state index is -0.807. The molecule has 0 atom stereocenters. The first-order valence-electron chi connectivity index (χ1n) is 9.10. The number of nitrogens with zero attached hydrogens (tertiary/aromatic N) is 5. The van der Waals surface area contributed by atoms with Crippen LogP contribution in [-0.4, -0.2) is 44.0 Å². The minimum Gasteiger partial charge on any atom is -0.387 e. The Hall–Kier alpha value is -3.67. The number of aryl methyl sites for hydroxylation is 1. The minimum absolute atomic E-state index is 0.0171. The maximum Gasteiger partial charge on any atom is 0.419 e. The van der Waals surface area contributed by atoms with Gasteiger partial charge in [0.15, 0.2) is 11.5 Å². The summed E-state index contributed by atoms with van der Waals surface area (Å²) < 4.78 is 5.44. The molecule has 0 radical (unpaired) electrons. The monoisotopic (exact) mass is 426 g/mol. The number of hydrogen-bond acceptors (Lipinski definition) is 10. The number of carbonyl (C=O) groups excluding carboxylic acids is 2. The molecule has 30 heavy (non-hydrogen) atoms. The predicted octanol–water partition coefficient (Wildman–Crippen LogP) is 2.62. The summed E-state index contributed by atoms with van der Waals surface area (Å²) in [6.07, 6.45) is 7.42. The molecule has 0 saturated heterocycles. The van der Waals surface area contributed by atoms with Crippen molar-refractivity contribution < 1.29 is 14.3 Å². The highest BCUT2D eigenvalue weighted by Crippen LogP contribution is 2.40. The second kappa shape index (κ2) is 8.37. The molecule has 0 aliphatic heterocycles. The van der Waals surface area contributed by atoms with Crippen molar-refractivity contribution in [2.45, 2.75) is 25.7 Å². The van der Waals surface area contributed by atoms with Crippen LogP contribution in [0.2, 0.25) is 0 Å². The quantitative estimate of drug-likeness (QED) is 0.541. The van der Waals surface area contributed by atoms with Gasteiger partial charge in [0.25, 0.3) is 11.8 Å². The third-order valence-electron chi connectivity index (χ3n) is 4.16. The number of aromatic nitrogens is 5. The standard InChI is InChI=1S/C18H18N8O3S/c1-9-23-13(15(27)19-2)17(30-9)26-18(28)29-16-14(24-11-5-20-8-21-6-11)22-7-12(25-16)10-3-4-10/h5-8,10H,3-4H2,1-2H3,(H,19,27)(H,22,24)(H,26,28). The number of nitrogens with one attached hydrogen (secondary N) is 3. The SMILES string of the molecule is CNC(=O)c1nc(C)sc1NC(=O)Oc1nc(C2CC2)cnc1Nc1cncnc1. The second-order valence-corrected chi connectivity index (χ2v) is 7.68. The molecule has 1 fully saturated rings. The fraction of sp³-hybridized carbons (Fsp3) is 0.278. The molecule has 1 aliphatic carbocycles. The average Bonchev–Trinajstić information content (AvgIpc) is 3.52. The average molecular weight is 426 g/mol. The maximum absolute atomic E-state index is 12.5. The van der Waals surface area contributed by atoms with E-state index >= 15 is 0 Å². The Labute approximate surface area is 175 Å². The van der Waals surface area contributed by atoms with Crippen LogP contribution in [0, 0.1) is 6.92 Å². The van der Waals surface area contributed by atoms with Crippen molar-refractivity contribution in [1.82, 2.24) is 30.2 Å². The van der Waals surface area contributed by atoms with Gasteiger partial charge in [0.1, 0.15) is 11.3 Å². The van der Waals surface area contributed by atoms with Gasteiger partial charge in [-0.05, 0) is 19.8 Å². The van der Waals surface area contributed by atoms with Crippen LogP contribution in [0.15, 0.2) is 24.9 Å². The van der Waals surface area contributed by atoms with E-state index < -0.39 is 12.0 Å². The number of hydrogen-bond donors (Lipinski definition) is 3. The zero-order valence-electron chi connectivity index (χ0n) is 16.2. The van der Waals surface area contributed by atoms with Crippen molar-refractivity contribution in [2.24, 2.45) is 0 Å². The van der Waals surface area contributed by atoms with Crippen LogP contribution in [-0.2, 0) is 0 Å². The van der Waals surface area contributed by atoms with E-state index in [0.29, 0.717) is 16.6 Å². The number of rotatable bonds is 6. The highest BCUT2D eigenvalue weighted by Gasteiger charge is 2.27. The van der Waals surface area contributed by atoms with Crippen LogP contribution < -0.4 is 20.7 Å². The van der Waals surface area contributed by atoms with Crippen molar-refractivity contribution in [3.05, 3.63) is 41.3 Å². The molecule has 3 aromatic rings. The molecule has 0 unspecified atom stereocenters. The lowest BCUT2D eigenvalue weighted by Gasteiger charge is -2.11. The van der Waals surface area contributed by atoms with E-state index in [2.05, 4.69) is 40.9 Å². The van der Waals surface area contributed by atoms with E-state index in [1.54, 1.807) is 25.5 Å². The van der Waals surface area contributed by atoms with Crippen molar-refractivity contribution in [1.29, 1.82) is 0 Å². The summed E-state index contributed by atoms with van der Waals surface area (Å²) in [4.78, 5) is 45.3. The van der Waals surface area contributed by atoms with Gasteiger partial charge in [0.2, 0.25) is 0 Å². The van der Waals surface area contributed by atoms with E-state index in [4.69, 9.17) is 4.74 Å². The van der Waals surface area contributed by atoms with Gasteiger partial charge in [0.05, 0.1) is 35.0 Å². The molecule has 0 aromatic carbocycles. The van der Waals surface area contributed by atoms with Crippen LogP contribution in [0.1, 0.15) is 39.9 Å². The fourth-order valence-corrected chi connectivity index (χ4v) is 3.41. The first-order chi connectivity index (χ1) is 14.5. The van der Waals surface area contributed by atoms with E-state index in [1.165, 1.54) is 24.7 Å². The van der Waals surface area contributed by atoms with E-state index in [0.717, 1.165) is 18.5 Å². The zero-order chi connectivity index (χ0) is 21.1. The summed E-state index contributed by atoms with van der Waals surface area (Å²) in [5, 5.41) is 8.96. The Morgan fingerprint density at radius 2 is 1.93 bits per heavy atom. The Balaban J connectivity index is 1.56. The largest absolute Gasteiger partial charge is 0.419 e. The lowest BCUT2D eigenvalue weighted by Crippen LogP contribution is -2.23. The lowest BCUT2D eigenvalue weighted by molar-refractivity contribution is 0.0959.